The van der Waals surface area contributed by atoms with Crippen LogP contribution in [-0.4, -0.2) is 14.4 Å². The van der Waals surface area contributed by atoms with E-state index in [2.05, 4.69) is 9.97 Å². The summed E-state index contributed by atoms with van der Waals surface area (Å²) in [6, 6.07) is 4.20. The molecule has 0 amide bonds. The van der Waals surface area contributed by atoms with Crippen LogP contribution in [0, 0.1) is 5.82 Å². The highest BCUT2D eigenvalue weighted by molar-refractivity contribution is 5.77. The molecule has 4 nitrogen and oxygen atoms in total. The van der Waals surface area contributed by atoms with Gasteiger partial charge < -0.3 is 4.98 Å². The fraction of sp³-hybridized carbons (Fsp3) is 0. The summed E-state index contributed by atoms with van der Waals surface area (Å²) in [4.78, 5) is 18.0. The Morgan fingerprint density at radius 2 is 2.27 bits per heavy atom. The maximum Gasteiger partial charge on any atom is 0.292 e. The fourth-order valence-corrected chi connectivity index (χ4v) is 1.65. The zero-order valence-electron chi connectivity index (χ0n) is 7.57. The lowest BCUT2D eigenvalue weighted by Crippen LogP contribution is -2.10. The maximum atomic E-state index is 13.0. The van der Waals surface area contributed by atoms with Crippen LogP contribution in [0.25, 0.3) is 16.7 Å². The number of hydrogen-bond acceptors (Lipinski definition) is 2. The van der Waals surface area contributed by atoms with E-state index in [1.165, 1.54) is 24.4 Å². The molecule has 5 heteroatoms. The van der Waals surface area contributed by atoms with E-state index in [1.54, 1.807) is 10.6 Å². The van der Waals surface area contributed by atoms with E-state index in [0.29, 0.717) is 11.0 Å². The third-order valence-electron chi connectivity index (χ3n) is 2.31. The van der Waals surface area contributed by atoms with Crippen LogP contribution in [0.4, 0.5) is 4.39 Å². The second-order valence-corrected chi connectivity index (χ2v) is 3.24. The molecule has 3 aromatic rings. The van der Waals surface area contributed by atoms with Crippen LogP contribution in [0.15, 0.2) is 35.4 Å². The first kappa shape index (κ1) is 8.16. The number of hydrogen-bond donors (Lipinski definition) is 1. The van der Waals surface area contributed by atoms with Gasteiger partial charge in [-0.3, -0.25) is 9.20 Å². The first-order valence-corrected chi connectivity index (χ1v) is 4.40. The molecule has 2 heterocycles. The van der Waals surface area contributed by atoms with Crippen molar-refractivity contribution in [3.63, 3.8) is 0 Å². The van der Waals surface area contributed by atoms with Gasteiger partial charge >= 0.3 is 0 Å². The van der Waals surface area contributed by atoms with Gasteiger partial charge in [0.25, 0.3) is 5.56 Å². The van der Waals surface area contributed by atoms with Crippen molar-refractivity contribution in [1.29, 1.82) is 0 Å². The first-order valence-electron chi connectivity index (χ1n) is 4.40. The van der Waals surface area contributed by atoms with Crippen LogP contribution in [0.1, 0.15) is 0 Å². The molecule has 0 saturated heterocycles. The van der Waals surface area contributed by atoms with Crippen molar-refractivity contribution in [2.75, 3.05) is 0 Å². The van der Waals surface area contributed by atoms with Crippen molar-refractivity contribution >= 4 is 16.7 Å². The minimum atomic E-state index is -0.343. The van der Waals surface area contributed by atoms with E-state index < -0.39 is 0 Å². The van der Waals surface area contributed by atoms with Gasteiger partial charge in [-0.05, 0) is 12.1 Å². The zero-order valence-corrected chi connectivity index (χ0v) is 7.57. The van der Waals surface area contributed by atoms with E-state index in [1.807, 2.05) is 0 Å². The Balaban J connectivity index is 2.67. The molecule has 0 bridgehead atoms. The molecular weight excluding hydrogens is 197 g/mol. The Bertz CT molecular complexity index is 713. The largest absolute Gasteiger partial charge is 0.317 e. The van der Waals surface area contributed by atoms with Gasteiger partial charge in [0, 0.05) is 18.5 Å². The van der Waals surface area contributed by atoms with E-state index in [4.69, 9.17) is 0 Å². The van der Waals surface area contributed by atoms with Crippen LogP contribution in [0.2, 0.25) is 0 Å². The average molecular weight is 203 g/mol. The second kappa shape index (κ2) is 2.66. The molecule has 0 aliphatic rings. The molecule has 74 valence electrons. The molecule has 1 aromatic carbocycles. The van der Waals surface area contributed by atoms with Gasteiger partial charge in [0.15, 0.2) is 0 Å². The smallest absolute Gasteiger partial charge is 0.292 e. The Kier molecular flexibility index (Phi) is 1.45. The summed E-state index contributed by atoms with van der Waals surface area (Å²) in [6.07, 6.45) is 3.14. The highest BCUT2D eigenvalue weighted by Crippen LogP contribution is 2.12. The predicted octanol–water partition coefficient (Wildman–Crippen LogP) is 1.31. The Morgan fingerprint density at radius 3 is 3.13 bits per heavy atom. The van der Waals surface area contributed by atoms with Gasteiger partial charge in [-0.2, -0.15) is 0 Å². The average Bonchev–Trinajstić information content (AvgIpc) is 2.69. The number of halogens is 1. The number of imidazole rings is 1. The zero-order chi connectivity index (χ0) is 10.4. The van der Waals surface area contributed by atoms with Crippen LogP contribution in [-0.2, 0) is 0 Å². The number of nitrogens with zero attached hydrogens (tertiary/aromatic N) is 2. The molecule has 3 rings (SSSR count). The van der Waals surface area contributed by atoms with Gasteiger partial charge in [-0.1, -0.05) is 0 Å². The maximum absolute atomic E-state index is 13.0. The molecule has 0 spiro atoms. The van der Waals surface area contributed by atoms with Gasteiger partial charge in [0.05, 0.1) is 11.0 Å². The number of nitrogens with one attached hydrogen (secondary N) is 1. The Morgan fingerprint density at radius 1 is 1.40 bits per heavy atom. The molecule has 1 N–H and O–H groups in total. The third-order valence-corrected chi connectivity index (χ3v) is 2.31. The highest BCUT2D eigenvalue weighted by atomic mass is 19.1. The monoisotopic (exact) mass is 203 g/mol. The van der Waals surface area contributed by atoms with Crippen LogP contribution >= 0.6 is 0 Å². The second-order valence-electron chi connectivity index (χ2n) is 3.24. The molecule has 0 radical (unpaired) electrons. The quantitative estimate of drug-likeness (QED) is 0.599. The van der Waals surface area contributed by atoms with E-state index in [9.17, 15) is 9.18 Å². The van der Waals surface area contributed by atoms with Gasteiger partial charge in [0.1, 0.15) is 5.82 Å². The van der Waals surface area contributed by atoms with Crippen molar-refractivity contribution in [1.82, 2.24) is 14.4 Å². The lowest BCUT2D eigenvalue weighted by Gasteiger charge is -2.00. The highest BCUT2D eigenvalue weighted by Gasteiger charge is 2.05. The number of rotatable bonds is 0. The van der Waals surface area contributed by atoms with Crippen LogP contribution < -0.4 is 5.56 Å². The Hall–Kier alpha value is -2.17. The molecule has 0 fully saturated rings. The third kappa shape index (κ3) is 1.06. The number of fused-ring (bicyclic) bond motifs is 3. The molecule has 2 aromatic heterocycles. The molecule has 0 unspecified atom stereocenters. The molecule has 0 saturated carbocycles. The van der Waals surface area contributed by atoms with Crippen molar-refractivity contribution in [2.24, 2.45) is 0 Å². The summed E-state index contributed by atoms with van der Waals surface area (Å²) in [6.45, 7) is 0. The minimum Gasteiger partial charge on any atom is -0.317 e. The van der Waals surface area contributed by atoms with Crippen molar-refractivity contribution in [2.45, 2.75) is 0 Å². The fourth-order valence-electron chi connectivity index (χ4n) is 1.65. The standard InChI is InChI=1S/C10H6FN3O/c11-6-1-2-7-8(5-6)14-4-3-12-9(14)10(15)13-7/h1-5H,(H,13,15). The van der Waals surface area contributed by atoms with Gasteiger partial charge in [-0.25, -0.2) is 9.37 Å². The van der Waals surface area contributed by atoms with Crippen LogP contribution in [0.3, 0.4) is 0 Å². The topological polar surface area (TPSA) is 50.2 Å². The summed E-state index contributed by atoms with van der Waals surface area (Å²) in [5.41, 5.74) is 1.18. The van der Waals surface area contributed by atoms with Crippen molar-refractivity contribution in [3.8, 4) is 0 Å². The molecule has 0 aliphatic heterocycles. The van der Waals surface area contributed by atoms with E-state index >= 15 is 0 Å². The lowest BCUT2D eigenvalue weighted by atomic mass is 10.3. The Labute approximate surface area is 83.0 Å². The normalized spacial score (nSPS) is 11.3. The van der Waals surface area contributed by atoms with Crippen molar-refractivity contribution in [3.05, 3.63) is 46.8 Å². The predicted molar refractivity (Wildman–Crippen MR) is 53.3 cm³/mol. The van der Waals surface area contributed by atoms with Gasteiger partial charge in [0.2, 0.25) is 5.65 Å². The lowest BCUT2D eigenvalue weighted by molar-refractivity contribution is 0.629. The summed E-state index contributed by atoms with van der Waals surface area (Å²) >= 11 is 0. The number of aromatic nitrogens is 3. The van der Waals surface area contributed by atoms with Gasteiger partial charge in [-0.15, -0.1) is 0 Å². The first-order chi connectivity index (χ1) is 7.25. The summed E-state index contributed by atoms with van der Waals surface area (Å²) < 4.78 is 14.6. The minimum absolute atomic E-state index is 0.271. The summed E-state index contributed by atoms with van der Waals surface area (Å²) in [7, 11) is 0. The number of benzene rings is 1. The molecule has 0 atom stereocenters. The summed E-state index contributed by atoms with van der Waals surface area (Å²) in [5, 5.41) is 0. The SMILES string of the molecule is O=c1[nH]c2ccc(F)cc2n2ccnc12. The molecule has 15 heavy (non-hydrogen) atoms. The molecule has 0 aliphatic carbocycles. The number of aromatic amines is 1. The number of H-pyrrole nitrogens is 1. The molecular formula is C10H6FN3O. The van der Waals surface area contributed by atoms with Crippen LogP contribution in [0.5, 0.6) is 0 Å². The van der Waals surface area contributed by atoms with E-state index in [0.717, 1.165) is 0 Å². The summed E-state index contributed by atoms with van der Waals surface area (Å²) in [5.74, 6) is -0.343. The van der Waals surface area contributed by atoms with E-state index in [-0.39, 0.29) is 17.0 Å². The van der Waals surface area contributed by atoms with Crippen molar-refractivity contribution < 1.29 is 4.39 Å².